The van der Waals surface area contributed by atoms with Gasteiger partial charge in [0.1, 0.15) is 12.3 Å². The molecule has 7 nitrogen and oxygen atoms in total. The smallest absolute Gasteiger partial charge is 0.323 e. The Kier molecular flexibility index (Phi) is 6.69. The Labute approximate surface area is 169 Å². The number of rotatable bonds is 6. The number of carbonyl (C=O) groups is 3. The highest BCUT2D eigenvalue weighted by Gasteiger charge is 2.27. The van der Waals surface area contributed by atoms with Gasteiger partial charge in [0.15, 0.2) is 6.61 Å². The first-order valence-electron chi connectivity index (χ1n) is 9.83. The lowest BCUT2D eigenvalue weighted by Gasteiger charge is -2.28. The van der Waals surface area contributed by atoms with Crippen LogP contribution in [0.3, 0.4) is 0 Å². The zero-order chi connectivity index (χ0) is 20.8. The second kappa shape index (κ2) is 9.41. The van der Waals surface area contributed by atoms with Crippen molar-refractivity contribution in [1.29, 1.82) is 0 Å². The number of amides is 2. The molecule has 2 amide bonds. The number of fused-ring (bicyclic) bond motifs is 1. The number of aliphatic carboxylic acids is 1. The van der Waals surface area contributed by atoms with E-state index in [0.29, 0.717) is 38.1 Å². The van der Waals surface area contributed by atoms with Crippen LogP contribution in [0.2, 0.25) is 0 Å². The average molecular weight is 398 g/mol. The fraction of sp³-hybridized carbons (Fsp3) is 0.409. The van der Waals surface area contributed by atoms with Crippen LogP contribution in [0.5, 0.6) is 5.75 Å². The van der Waals surface area contributed by atoms with Crippen molar-refractivity contribution in [3.05, 3.63) is 42.5 Å². The van der Waals surface area contributed by atoms with Gasteiger partial charge in [-0.3, -0.25) is 14.4 Å². The molecule has 3 rings (SSSR count). The number of nitrogens with zero attached hydrogens (tertiary/aromatic N) is 2. The Bertz CT molecular complexity index is 892. The molecule has 0 bridgehead atoms. The van der Waals surface area contributed by atoms with Gasteiger partial charge in [0.2, 0.25) is 5.91 Å². The molecule has 1 fully saturated rings. The maximum absolute atomic E-state index is 12.7. The number of ether oxygens (including phenoxy) is 1. The third kappa shape index (κ3) is 5.25. The summed E-state index contributed by atoms with van der Waals surface area (Å²) >= 11 is 0. The van der Waals surface area contributed by atoms with Crippen LogP contribution in [0.25, 0.3) is 10.8 Å². The van der Waals surface area contributed by atoms with Gasteiger partial charge in [-0.05, 0) is 30.7 Å². The molecule has 0 aliphatic carbocycles. The Balaban J connectivity index is 1.59. The molecule has 154 valence electrons. The Morgan fingerprint density at radius 1 is 1.10 bits per heavy atom. The van der Waals surface area contributed by atoms with Gasteiger partial charge in [-0.25, -0.2) is 0 Å². The lowest BCUT2D eigenvalue weighted by molar-refractivity contribution is -0.145. The Hall–Kier alpha value is -3.09. The molecule has 2 aromatic rings. The maximum atomic E-state index is 12.7. The highest BCUT2D eigenvalue weighted by atomic mass is 16.5. The molecule has 1 atom stereocenters. The number of carbonyl (C=O) groups excluding carboxylic acids is 2. The van der Waals surface area contributed by atoms with Crippen molar-refractivity contribution in [1.82, 2.24) is 9.80 Å². The molecule has 1 saturated heterocycles. The summed E-state index contributed by atoms with van der Waals surface area (Å²) in [6.07, 6.45) is 1.96. The van der Waals surface area contributed by atoms with Gasteiger partial charge in [-0.1, -0.05) is 36.4 Å². The molecule has 2 aromatic carbocycles. The number of carboxylic acids is 1. The Morgan fingerprint density at radius 2 is 1.86 bits per heavy atom. The second-order valence-corrected chi connectivity index (χ2v) is 7.27. The first-order valence-corrected chi connectivity index (χ1v) is 9.83. The molecule has 0 spiro atoms. The molecule has 1 N–H and O–H groups in total. The molecule has 1 aliphatic heterocycles. The number of benzene rings is 2. The minimum absolute atomic E-state index is 0.0514. The normalized spacial score (nSPS) is 16.9. The summed E-state index contributed by atoms with van der Waals surface area (Å²) in [5.74, 6) is -0.711. The summed E-state index contributed by atoms with van der Waals surface area (Å²) in [4.78, 5) is 38.7. The van der Waals surface area contributed by atoms with Gasteiger partial charge >= 0.3 is 5.97 Å². The summed E-state index contributed by atoms with van der Waals surface area (Å²) in [5, 5.41) is 11.1. The van der Waals surface area contributed by atoms with Gasteiger partial charge in [-0.15, -0.1) is 0 Å². The van der Waals surface area contributed by atoms with Gasteiger partial charge in [0.05, 0.1) is 0 Å². The first kappa shape index (κ1) is 20.6. The largest absolute Gasteiger partial charge is 0.483 e. The maximum Gasteiger partial charge on any atom is 0.323 e. The summed E-state index contributed by atoms with van der Waals surface area (Å²) < 4.78 is 5.81. The van der Waals surface area contributed by atoms with Crippen molar-refractivity contribution in [2.24, 2.45) is 0 Å². The molecule has 29 heavy (non-hydrogen) atoms. The van der Waals surface area contributed by atoms with Crippen LogP contribution in [-0.4, -0.2) is 65.0 Å². The molecule has 0 aromatic heterocycles. The predicted octanol–water partition coefficient (Wildman–Crippen LogP) is 2.53. The summed E-state index contributed by atoms with van der Waals surface area (Å²) in [5.41, 5.74) is 0. The monoisotopic (exact) mass is 398 g/mol. The van der Waals surface area contributed by atoms with E-state index < -0.39 is 5.97 Å². The Morgan fingerprint density at radius 3 is 2.62 bits per heavy atom. The third-order valence-corrected chi connectivity index (χ3v) is 5.30. The molecule has 0 radical (unpaired) electrons. The van der Waals surface area contributed by atoms with E-state index in [-0.39, 0.29) is 31.0 Å². The lowest BCUT2D eigenvalue weighted by Crippen LogP contribution is -2.43. The quantitative estimate of drug-likeness (QED) is 0.808. The van der Waals surface area contributed by atoms with E-state index in [1.54, 1.807) is 4.90 Å². The van der Waals surface area contributed by atoms with Crippen LogP contribution in [0, 0.1) is 0 Å². The minimum atomic E-state index is -1.03. The molecular weight excluding hydrogens is 372 g/mol. The highest BCUT2D eigenvalue weighted by molar-refractivity contribution is 5.88. The van der Waals surface area contributed by atoms with E-state index in [1.165, 1.54) is 11.8 Å². The van der Waals surface area contributed by atoms with Crippen LogP contribution in [0.1, 0.15) is 26.2 Å². The molecule has 7 heteroatoms. The molecule has 0 saturated carbocycles. The zero-order valence-electron chi connectivity index (χ0n) is 16.5. The van der Waals surface area contributed by atoms with Crippen molar-refractivity contribution in [2.75, 3.05) is 26.2 Å². The lowest BCUT2D eigenvalue weighted by atomic mass is 10.1. The van der Waals surface area contributed by atoms with Gasteiger partial charge < -0.3 is 19.6 Å². The molecule has 1 heterocycles. The van der Waals surface area contributed by atoms with E-state index >= 15 is 0 Å². The molecular formula is C22H26N2O5. The van der Waals surface area contributed by atoms with Crippen LogP contribution in [0.4, 0.5) is 0 Å². The SMILES string of the molecule is CC(=O)N(CC(=O)O)C1CCCN(C(=O)COc2cccc3ccccc23)CC1. The fourth-order valence-electron chi connectivity index (χ4n) is 3.84. The topological polar surface area (TPSA) is 87.2 Å². The van der Waals surface area contributed by atoms with E-state index in [1.807, 2.05) is 42.5 Å². The van der Waals surface area contributed by atoms with Gasteiger partial charge in [-0.2, -0.15) is 0 Å². The second-order valence-electron chi connectivity index (χ2n) is 7.27. The van der Waals surface area contributed by atoms with Crippen LogP contribution < -0.4 is 4.74 Å². The summed E-state index contributed by atoms with van der Waals surface area (Å²) in [7, 11) is 0. The molecule has 1 aliphatic rings. The van der Waals surface area contributed by atoms with Crippen molar-refractivity contribution in [2.45, 2.75) is 32.2 Å². The van der Waals surface area contributed by atoms with Crippen molar-refractivity contribution in [3.8, 4) is 5.75 Å². The molecule has 1 unspecified atom stereocenters. The van der Waals surface area contributed by atoms with Gasteiger partial charge in [0, 0.05) is 31.4 Å². The van der Waals surface area contributed by atoms with Crippen LogP contribution in [-0.2, 0) is 14.4 Å². The van der Waals surface area contributed by atoms with E-state index in [2.05, 4.69) is 0 Å². The van der Waals surface area contributed by atoms with Crippen LogP contribution in [0.15, 0.2) is 42.5 Å². The summed E-state index contributed by atoms with van der Waals surface area (Å²) in [6.45, 7) is 2.08. The van der Waals surface area contributed by atoms with E-state index in [0.717, 1.165) is 10.8 Å². The predicted molar refractivity (Wildman–Crippen MR) is 109 cm³/mol. The number of hydrogen-bond donors (Lipinski definition) is 1. The number of carboxylic acid groups (broad SMARTS) is 1. The minimum Gasteiger partial charge on any atom is -0.483 e. The van der Waals surface area contributed by atoms with Crippen molar-refractivity contribution < 1.29 is 24.2 Å². The third-order valence-electron chi connectivity index (χ3n) is 5.30. The average Bonchev–Trinajstić information content (AvgIpc) is 2.96. The standard InChI is InChI=1S/C22H26N2O5/c1-16(25)24(14-22(27)28)18-8-5-12-23(13-11-18)21(26)15-29-20-10-4-7-17-6-2-3-9-19(17)20/h2-4,6-7,9-10,18H,5,8,11-15H2,1H3,(H,27,28). The van der Waals surface area contributed by atoms with Gasteiger partial charge in [0.25, 0.3) is 5.91 Å². The van der Waals surface area contributed by atoms with Crippen LogP contribution >= 0.6 is 0 Å². The summed E-state index contributed by atoms with van der Waals surface area (Å²) in [6, 6.07) is 13.4. The fourth-order valence-corrected chi connectivity index (χ4v) is 3.84. The number of likely N-dealkylation sites (tertiary alicyclic amines) is 1. The van der Waals surface area contributed by atoms with Crippen molar-refractivity contribution >= 4 is 28.6 Å². The van der Waals surface area contributed by atoms with Crippen molar-refractivity contribution in [3.63, 3.8) is 0 Å². The zero-order valence-corrected chi connectivity index (χ0v) is 16.5. The van der Waals surface area contributed by atoms with E-state index in [4.69, 9.17) is 9.84 Å². The number of hydrogen-bond acceptors (Lipinski definition) is 4. The highest BCUT2D eigenvalue weighted by Crippen LogP contribution is 2.25. The van der Waals surface area contributed by atoms with E-state index in [9.17, 15) is 14.4 Å². The first-order chi connectivity index (χ1) is 14.0.